The summed E-state index contributed by atoms with van der Waals surface area (Å²) in [5, 5.41) is 7.99. The number of benzene rings is 1. The number of H-pyrrole nitrogens is 1. The highest BCUT2D eigenvalue weighted by molar-refractivity contribution is 5.91. The van der Waals surface area contributed by atoms with Crippen molar-refractivity contribution in [3.05, 3.63) is 53.5 Å². The quantitative estimate of drug-likeness (QED) is 0.739. The topological polar surface area (TPSA) is 97.0 Å². The van der Waals surface area contributed by atoms with E-state index in [4.69, 9.17) is 5.73 Å². The minimum absolute atomic E-state index is 0.159. The predicted octanol–water partition coefficient (Wildman–Crippen LogP) is 1.95. The lowest BCUT2D eigenvalue weighted by atomic mass is 9.93. The van der Waals surface area contributed by atoms with Crippen molar-refractivity contribution in [3.63, 3.8) is 0 Å². The second-order valence-electron chi connectivity index (χ2n) is 7.19. The first-order chi connectivity index (χ1) is 13.0. The van der Waals surface area contributed by atoms with E-state index in [1.54, 1.807) is 6.07 Å². The lowest BCUT2D eigenvalue weighted by Gasteiger charge is -2.31. The third-order valence-corrected chi connectivity index (χ3v) is 5.46. The number of hydrogen-bond acceptors (Lipinski definition) is 3. The van der Waals surface area contributed by atoms with Gasteiger partial charge in [-0.05, 0) is 30.5 Å². The Kier molecular flexibility index (Phi) is 4.43. The Balaban J connectivity index is 1.40. The number of nitrogens with one attached hydrogen (secondary N) is 1. The first-order valence-corrected chi connectivity index (χ1v) is 9.18. The maximum atomic E-state index is 12.8. The van der Waals surface area contributed by atoms with E-state index in [1.165, 1.54) is 0 Å². The zero-order valence-electron chi connectivity index (χ0n) is 15.3. The van der Waals surface area contributed by atoms with E-state index in [1.807, 2.05) is 30.3 Å². The molecule has 0 saturated carbocycles. The SMILES string of the molecule is Cn1cc(CC(=O)N2CCC(c3cc(C(N)=O)n[nH]3)CC2)c2ccccc21. The van der Waals surface area contributed by atoms with Crippen LogP contribution in [-0.2, 0) is 18.3 Å². The van der Waals surface area contributed by atoms with E-state index >= 15 is 0 Å². The summed E-state index contributed by atoms with van der Waals surface area (Å²) in [6.45, 7) is 1.42. The summed E-state index contributed by atoms with van der Waals surface area (Å²) in [6, 6.07) is 9.88. The number of amides is 2. The third-order valence-electron chi connectivity index (χ3n) is 5.46. The van der Waals surface area contributed by atoms with Crippen LogP contribution in [0.25, 0.3) is 10.9 Å². The van der Waals surface area contributed by atoms with Gasteiger partial charge in [0.25, 0.3) is 5.91 Å². The molecule has 0 unspecified atom stereocenters. The molecule has 27 heavy (non-hydrogen) atoms. The second kappa shape index (κ2) is 6.90. The number of likely N-dealkylation sites (tertiary alicyclic amines) is 1. The average molecular weight is 365 g/mol. The number of fused-ring (bicyclic) bond motifs is 1. The number of carbonyl (C=O) groups is 2. The monoisotopic (exact) mass is 365 g/mol. The van der Waals surface area contributed by atoms with Gasteiger partial charge >= 0.3 is 0 Å². The summed E-state index contributed by atoms with van der Waals surface area (Å²) >= 11 is 0. The van der Waals surface area contributed by atoms with Gasteiger partial charge in [0.15, 0.2) is 0 Å². The molecule has 2 amide bonds. The Morgan fingerprint density at radius 3 is 2.70 bits per heavy atom. The van der Waals surface area contributed by atoms with Crippen molar-refractivity contribution in [3.8, 4) is 0 Å². The summed E-state index contributed by atoms with van der Waals surface area (Å²) in [5.41, 5.74) is 8.65. The highest BCUT2D eigenvalue weighted by Gasteiger charge is 2.26. The molecule has 4 rings (SSSR count). The van der Waals surface area contributed by atoms with E-state index in [2.05, 4.69) is 26.9 Å². The van der Waals surface area contributed by atoms with Crippen molar-refractivity contribution in [1.82, 2.24) is 19.7 Å². The number of carbonyl (C=O) groups excluding carboxylic acids is 2. The van der Waals surface area contributed by atoms with E-state index in [9.17, 15) is 9.59 Å². The third kappa shape index (κ3) is 3.32. The average Bonchev–Trinajstić information content (AvgIpc) is 3.28. The van der Waals surface area contributed by atoms with Crippen molar-refractivity contribution in [2.75, 3.05) is 13.1 Å². The second-order valence-corrected chi connectivity index (χ2v) is 7.19. The Morgan fingerprint density at radius 1 is 1.26 bits per heavy atom. The highest BCUT2D eigenvalue weighted by atomic mass is 16.2. The number of piperidine rings is 1. The molecule has 7 nitrogen and oxygen atoms in total. The number of para-hydroxylation sites is 1. The van der Waals surface area contributed by atoms with Crippen LogP contribution < -0.4 is 5.73 Å². The van der Waals surface area contributed by atoms with Crippen LogP contribution in [0.5, 0.6) is 0 Å². The maximum absolute atomic E-state index is 12.8. The van der Waals surface area contributed by atoms with E-state index in [0.29, 0.717) is 19.5 Å². The molecule has 3 N–H and O–H groups in total. The molecule has 0 bridgehead atoms. The van der Waals surface area contributed by atoms with Gasteiger partial charge in [-0.1, -0.05) is 18.2 Å². The summed E-state index contributed by atoms with van der Waals surface area (Å²) in [4.78, 5) is 25.9. The van der Waals surface area contributed by atoms with Gasteiger partial charge in [0.1, 0.15) is 5.69 Å². The molecule has 0 spiro atoms. The number of aromatic amines is 1. The lowest BCUT2D eigenvalue weighted by molar-refractivity contribution is -0.131. The van der Waals surface area contributed by atoms with Crippen LogP contribution in [0.3, 0.4) is 0 Å². The largest absolute Gasteiger partial charge is 0.364 e. The van der Waals surface area contributed by atoms with Gasteiger partial charge in [0.2, 0.25) is 5.91 Å². The van der Waals surface area contributed by atoms with Crippen LogP contribution in [0.15, 0.2) is 36.5 Å². The van der Waals surface area contributed by atoms with Crippen molar-refractivity contribution in [2.45, 2.75) is 25.2 Å². The predicted molar refractivity (Wildman–Crippen MR) is 102 cm³/mol. The molecule has 0 radical (unpaired) electrons. The molecular formula is C20H23N5O2. The Morgan fingerprint density at radius 2 is 2.00 bits per heavy atom. The molecule has 140 valence electrons. The Labute approximate surface area is 157 Å². The van der Waals surface area contributed by atoms with Crippen molar-refractivity contribution in [1.29, 1.82) is 0 Å². The van der Waals surface area contributed by atoms with Crippen molar-refractivity contribution in [2.24, 2.45) is 12.8 Å². The lowest BCUT2D eigenvalue weighted by Crippen LogP contribution is -2.38. The molecule has 3 aromatic rings. The molecule has 0 aliphatic carbocycles. The number of nitrogens with two attached hydrogens (primary N) is 1. The van der Waals surface area contributed by atoms with Gasteiger partial charge in [-0.25, -0.2) is 0 Å². The van der Waals surface area contributed by atoms with Crippen molar-refractivity contribution >= 4 is 22.7 Å². The molecule has 0 atom stereocenters. The molecule has 1 aliphatic heterocycles. The normalized spacial score (nSPS) is 15.4. The van der Waals surface area contributed by atoms with Gasteiger partial charge in [0, 0.05) is 48.8 Å². The minimum atomic E-state index is -0.528. The number of hydrogen-bond donors (Lipinski definition) is 2. The first kappa shape index (κ1) is 17.3. The van der Waals surface area contributed by atoms with E-state index in [0.717, 1.165) is 35.0 Å². The number of aromatic nitrogens is 3. The number of nitrogens with zero attached hydrogens (tertiary/aromatic N) is 3. The van der Waals surface area contributed by atoms with E-state index in [-0.39, 0.29) is 17.5 Å². The molecule has 3 heterocycles. The summed E-state index contributed by atoms with van der Waals surface area (Å²) in [7, 11) is 2.01. The molecule has 1 fully saturated rings. The van der Waals surface area contributed by atoms with Gasteiger partial charge in [-0.3, -0.25) is 14.7 Å². The number of primary amides is 1. The van der Waals surface area contributed by atoms with Crippen LogP contribution in [0.2, 0.25) is 0 Å². The van der Waals surface area contributed by atoms with Crippen LogP contribution in [-0.4, -0.2) is 44.6 Å². The van der Waals surface area contributed by atoms with Gasteiger partial charge in [0.05, 0.1) is 6.42 Å². The summed E-state index contributed by atoms with van der Waals surface area (Å²) < 4.78 is 2.07. The molecule has 1 saturated heterocycles. The van der Waals surface area contributed by atoms with Gasteiger partial charge < -0.3 is 15.2 Å². The Bertz CT molecular complexity index is 995. The molecule has 1 aliphatic rings. The molecule has 1 aromatic carbocycles. The summed E-state index contributed by atoms with van der Waals surface area (Å²) in [6.07, 6.45) is 4.16. The zero-order chi connectivity index (χ0) is 19.0. The highest BCUT2D eigenvalue weighted by Crippen LogP contribution is 2.28. The van der Waals surface area contributed by atoms with Crippen LogP contribution in [0.1, 0.15) is 40.5 Å². The van der Waals surface area contributed by atoms with Gasteiger partial charge in [-0.15, -0.1) is 0 Å². The van der Waals surface area contributed by atoms with Gasteiger partial charge in [-0.2, -0.15) is 5.10 Å². The molecule has 7 heteroatoms. The summed E-state index contributed by atoms with van der Waals surface area (Å²) in [5.74, 6) is -0.0976. The Hall–Kier alpha value is -3.09. The fraction of sp³-hybridized carbons (Fsp3) is 0.350. The smallest absolute Gasteiger partial charge is 0.269 e. The zero-order valence-corrected chi connectivity index (χ0v) is 15.3. The minimum Gasteiger partial charge on any atom is -0.364 e. The number of rotatable bonds is 4. The fourth-order valence-electron chi connectivity index (χ4n) is 3.95. The van der Waals surface area contributed by atoms with Crippen LogP contribution >= 0.6 is 0 Å². The maximum Gasteiger partial charge on any atom is 0.269 e. The van der Waals surface area contributed by atoms with Crippen LogP contribution in [0.4, 0.5) is 0 Å². The fourth-order valence-corrected chi connectivity index (χ4v) is 3.95. The first-order valence-electron chi connectivity index (χ1n) is 9.18. The van der Waals surface area contributed by atoms with E-state index < -0.39 is 5.91 Å². The molecular weight excluding hydrogens is 342 g/mol. The molecule has 2 aromatic heterocycles. The van der Waals surface area contributed by atoms with Crippen LogP contribution in [0, 0.1) is 0 Å². The standard InChI is InChI=1S/C20H23N5O2/c1-24-12-14(15-4-2-3-5-18(15)24)10-19(26)25-8-6-13(7-9-25)16-11-17(20(21)27)23-22-16/h2-5,11-13H,6-10H2,1H3,(H2,21,27)(H,22,23). The number of aryl methyl sites for hydroxylation is 1. The van der Waals surface area contributed by atoms with Crippen molar-refractivity contribution < 1.29 is 9.59 Å².